The van der Waals surface area contributed by atoms with Crippen LogP contribution in [0.25, 0.3) is 0 Å². The van der Waals surface area contributed by atoms with Gasteiger partial charge in [0.05, 0.1) is 31.6 Å². The third kappa shape index (κ3) is 8.38. The zero-order valence-electron chi connectivity index (χ0n) is 21.4. The second-order valence-electron chi connectivity index (χ2n) is 7.91. The molecule has 8 heteroatoms. The Balaban J connectivity index is 1.61. The molecule has 0 heterocycles. The van der Waals surface area contributed by atoms with Crippen molar-refractivity contribution in [3.05, 3.63) is 83.4 Å². The minimum absolute atomic E-state index is 0.281. The number of hydrogen-bond donors (Lipinski definition) is 1. The smallest absolute Gasteiger partial charge is 0.343 e. The van der Waals surface area contributed by atoms with Crippen LogP contribution in [0.3, 0.4) is 0 Å². The van der Waals surface area contributed by atoms with Gasteiger partial charge in [-0.1, -0.05) is 13.3 Å². The molecular weight excluding hydrogens is 472 g/mol. The Labute approximate surface area is 217 Å². The predicted molar refractivity (Wildman–Crippen MR) is 142 cm³/mol. The van der Waals surface area contributed by atoms with E-state index in [0.717, 1.165) is 18.6 Å². The molecule has 0 aromatic heterocycles. The number of rotatable bonds is 13. The topological polar surface area (TPSA) is 95.5 Å². The average molecular weight is 505 g/mol. The number of ether oxygens (including phenoxy) is 4. The quantitative estimate of drug-likeness (QED) is 0.106. The molecule has 37 heavy (non-hydrogen) atoms. The number of nitrogens with one attached hydrogen (secondary N) is 1. The summed E-state index contributed by atoms with van der Waals surface area (Å²) in [6, 6.07) is 18.6. The third-order valence-electron chi connectivity index (χ3n) is 5.13. The van der Waals surface area contributed by atoms with Gasteiger partial charge in [-0.3, -0.25) is 4.79 Å². The van der Waals surface area contributed by atoms with Crippen LogP contribution in [0.15, 0.2) is 71.8 Å². The van der Waals surface area contributed by atoms with Crippen molar-refractivity contribution in [2.24, 2.45) is 5.10 Å². The van der Waals surface area contributed by atoms with Crippen molar-refractivity contribution in [1.29, 1.82) is 0 Å². The van der Waals surface area contributed by atoms with E-state index in [9.17, 15) is 9.59 Å². The third-order valence-corrected chi connectivity index (χ3v) is 5.13. The van der Waals surface area contributed by atoms with Crippen LogP contribution in [0.5, 0.6) is 23.0 Å². The normalized spacial score (nSPS) is 10.7. The van der Waals surface area contributed by atoms with Crippen LogP contribution in [0, 0.1) is 0 Å². The van der Waals surface area contributed by atoms with Crippen molar-refractivity contribution in [1.82, 2.24) is 5.43 Å². The SMILES string of the molecule is CCCCOc1ccc(C(=O)N/N=C/c2ccc(OC(=O)c3ccc(OCC)cc3)c(OCC)c2)cc1. The van der Waals surface area contributed by atoms with Gasteiger partial charge in [0, 0.05) is 5.56 Å². The fraction of sp³-hybridized carbons (Fsp3) is 0.276. The van der Waals surface area contributed by atoms with Gasteiger partial charge in [0.25, 0.3) is 5.91 Å². The van der Waals surface area contributed by atoms with Crippen LogP contribution >= 0.6 is 0 Å². The molecule has 0 bridgehead atoms. The molecule has 3 aromatic carbocycles. The van der Waals surface area contributed by atoms with Gasteiger partial charge in [-0.2, -0.15) is 5.10 Å². The van der Waals surface area contributed by atoms with Crippen molar-refractivity contribution in [3.8, 4) is 23.0 Å². The lowest BCUT2D eigenvalue weighted by atomic mass is 10.2. The molecule has 0 aliphatic rings. The molecule has 3 aromatic rings. The summed E-state index contributed by atoms with van der Waals surface area (Å²) in [6.07, 6.45) is 3.52. The fourth-order valence-electron chi connectivity index (χ4n) is 3.24. The molecule has 0 atom stereocenters. The van der Waals surface area contributed by atoms with Crippen LogP contribution in [-0.2, 0) is 0 Å². The Morgan fingerprint density at radius 2 is 1.43 bits per heavy atom. The first-order chi connectivity index (χ1) is 18.0. The molecule has 0 unspecified atom stereocenters. The largest absolute Gasteiger partial charge is 0.494 e. The molecule has 0 fully saturated rings. The maximum absolute atomic E-state index is 12.6. The first kappa shape index (κ1) is 27.3. The summed E-state index contributed by atoms with van der Waals surface area (Å²) in [4.78, 5) is 25.0. The molecule has 0 saturated carbocycles. The maximum Gasteiger partial charge on any atom is 0.343 e. The second kappa shape index (κ2) is 14.3. The van der Waals surface area contributed by atoms with Gasteiger partial charge in [-0.25, -0.2) is 10.2 Å². The van der Waals surface area contributed by atoms with Gasteiger partial charge in [0.15, 0.2) is 11.5 Å². The molecular formula is C29H32N2O6. The van der Waals surface area contributed by atoms with Gasteiger partial charge in [-0.15, -0.1) is 0 Å². The van der Waals surface area contributed by atoms with Crippen molar-refractivity contribution in [2.45, 2.75) is 33.6 Å². The highest BCUT2D eigenvalue weighted by Crippen LogP contribution is 2.29. The van der Waals surface area contributed by atoms with Gasteiger partial charge in [0.1, 0.15) is 11.5 Å². The molecule has 0 radical (unpaired) electrons. The van der Waals surface area contributed by atoms with Crippen LogP contribution in [0.4, 0.5) is 0 Å². The molecule has 8 nitrogen and oxygen atoms in total. The Bertz CT molecular complexity index is 1190. The van der Waals surface area contributed by atoms with Gasteiger partial charge in [0.2, 0.25) is 0 Å². The lowest BCUT2D eigenvalue weighted by Gasteiger charge is -2.11. The van der Waals surface area contributed by atoms with E-state index in [2.05, 4.69) is 17.5 Å². The molecule has 0 aliphatic carbocycles. The second-order valence-corrected chi connectivity index (χ2v) is 7.91. The summed E-state index contributed by atoms with van der Waals surface area (Å²) in [6.45, 7) is 7.40. The zero-order chi connectivity index (χ0) is 26.5. The van der Waals surface area contributed by atoms with Crippen LogP contribution in [0.2, 0.25) is 0 Å². The van der Waals surface area contributed by atoms with Crippen molar-refractivity contribution in [2.75, 3.05) is 19.8 Å². The van der Waals surface area contributed by atoms with Gasteiger partial charge >= 0.3 is 5.97 Å². The van der Waals surface area contributed by atoms with Crippen molar-refractivity contribution >= 4 is 18.1 Å². The van der Waals surface area contributed by atoms with Gasteiger partial charge in [-0.05, 0) is 92.6 Å². The Morgan fingerprint density at radius 1 is 0.784 bits per heavy atom. The lowest BCUT2D eigenvalue weighted by molar-refractivity contribution is 0.0728. The number of nitrogens with zero attached hydrogens (tertiary/aromatic N) is 1. The summed E-state index contributed by atoms with van der Waals surface area (Å²) >= 11 is 0. The number of carbonyl (C=O) groups excluding carboxylic acids is 2. The summed E-state index contributed by atoms with van der Waals surface area (Å²) in [5.41, 5.74) is 4.02. The highest BCUT2D eigenvalue weighted by atomic mass is 16.6. The van der Waals surface area contributed by atoms with E-state index in [1.165, 1.54) is 6.21 Å². The first-order valence-electron chi connectivity index (χ1n) is 12.3. The summed E-state index contributed by atoms with van der Waals surface area (Å²) in [7, 11) is 0. The highest BCUT2D eigenvalue weighted by Gasteiger charge is 2.14. The number of amides is 1. The Morgan fingerprint density at radius 3 is 2.08 bits per heavy atom. The molecule has 1 N–H and O–H groups in total. The van der Waals surface area contributed by atoms with Crippen LogP contribution in [0.1, 0.15) is 59.9 Å². The molecule has 0 saturated heterocycles. The lowest BCUT2D eigenvalue weighted by Crippen LogP contribution is -2.17. The minimum Gasteiger partial charge on any atom is -0.494 e. The van der Waals surface area contributed by atoms with E-state index in [1.54, 1.807) is 66.7 Å². The molecule has 0 aliphatic heterocycles. The van der Waals surface area contributed by atoms with E-state index in [4.69, 9.17) is 18.9 Å². The Hall–Kier alpha value is -4.33. The van der Waals surface area contributed by atoms with Crippen molar-refractivity contribution < 1.29 is 28.5 Å². The molecule has 1 amide bonds. The van der Waals surface area contributed by atoms with E-state index in [1.807, 2.05) is 13.8 Å². The Kier molecular flexibility index (Phi) is 10.5. The molecule has 3 rings (SSSR count). The average Bonchev–Trinajstić information content (AvgIpc) is 2.91. The zero-order valence-corrected chi connectivity index (χ0v) is 21.4. The summed E-state index contributed by atoms with van der Waals surface area (Å²) < 4.78 is 22.2. The molecule has 194 valence electrons. The minimum atomic E-state index is -0.514. The number of benzene rings is 3. The summed E-state index contributed by atoms with van der Waals surface area (Å²) in [5.74, 6) is 1.21. The fourth-order valence-corrected chi connectivity index (χ4v) is 3.24. The molecule has 0 spiro atoms. The predicted octanol–water partition coefficient (Wildman–Crippen LogP) is 5.65. The van der Waals surface area contributed by atoms with Crippen LogP contribution in [-0.4, -0.2) is 37.9 Å². The monoisotopic (exact) mass is 504 g/mol. The number of hydrazone groups is 1. The summed E-state index contributed by atoms with van der Waals surface area (Å²) in [5, 5.41) is 4.03. The number of unbranched alkanes of at least 4 members (excludes halogenated alkanes) is 1. The van der Waals surface area contributed by atoms with Crippen LogP contribution < -0.4 is 24.4 Å². The number of hydrogen-bond acceptors (Lipinski definition) is 7. The van der Waals surface area contributed by atoms with E-state index in [0.29, 0.717) is 48.0 Å². The number of carbonyl (C=O) groups is 2. The van der Waals surface area contributed by atoms with Crippen molar-refractivity contribution in [3.63, 3.8) is 0 Å². The van der Waals surface area contributed by atoms with Gasteiger partial charge < -0.3 is 18.9 Å². The van der Waals surface area contributed by atoms with E-state index >= 15 is 0 Å². The maximum atomic E-state index is 12.6. The van der Waals surface area contributed by atoms with E-state index < -0.39 is 5.97 Å². The number of esters is 1. The van der Waals surface area contributed by atoms with E-state index in [-0.39, 0.29) is 11.7 Å². The standard InChI is InChI=1S/C29H32N2O6/c1-4-7-18-36-25-13-9-22(10-14-25)28(32)31-30-20-21-8-17-26(27(19-21)35-6-3)37-29(33)23-11-15-24(16-12-23)34-5-2/h8-17,19-20H,4-7,18H2,1-3H3,(H,31,32)/b30-20+. The first-order valence-corrected chi connectivity index (χ1v) is 12.3. The highest BCUT2D eigenvalue weighted by molar-refractivity contribution is 5.95.